The monoisotopic (exact) mass is 395 g/mol. The summed E-state index contributed by atoms with van der Waals surface area (Å²) in [6, 6.07) is 3.11. The molecule has 0 saturated carbocycles. The van der Waals surface area contributed by atoms with Crippen molar-refractivity contribution in [3.8, 4) is 0 Å². The van der Waals surface area contributed by atoms with Gasteiger partial charge < -0.3 is 15.0 Å². The molecule has 1 aliphatic heterocycles. The Hall–Kier alpha value is -0.710. The summed E-state index contributed by atoms with van der Waals surface area (Å²) in [5, 5.41) is 3.01. The zero-order valence-corrected chi connectivity index (χ0v) is 15.9. The minimum absolute atomic E-state index is 0.0236. The summed E-state index contributed by atoms with van der Waals surface area (Å²) in [4.78, 5) is 13.9. The van der Waals surface area contributed by atoms with Crippen LogP contribution in [0, 0.1) is 0 Å². The Kier molecular flexibility index (Phi) is 7.45. The van der Waals surface area contributed by atoms with Crippen LogP contribution in [-0.4, -0.2) is 76.5 Å². The van der Waals surface area contributed by atoms with E-state index in [-0.39, 0.29) is 16.7 Å². The maximum Gasteiger partial charge on any atom is 0.252 e. The normalized spacial score (nSPS) is 17.0. The van der Waals surface area contributed by atoms with Crippen LogP contribution in [0.2, 0.25) is 4.34 Å². The number of thiophene rings is 1. The van der Waals surface area contributed by atoms with Crippen molar-refractivity contribution in [1.82, 2.24) is 14.5 Å². The molecule has 1 aromatic heterocycles. The smallest absolute Gasteiger partial charge is 0.252 e. The number of halogens is 1. The quantitative estimate of drug-likeness (QED) is 0.693. The van der Waals surface area contributed by atoms with Crippen molar-refractivity contribution < 1.29 is 17.9 Å². The highest BCUT2D eigenvalue weighted by molar-refractivity contribution is 7.91. The predicted molar refractivity (Wildman–Crippen MR) is 94.0 cm³/mol. The third kappa shape index (κ3) is 5.14. The van der Waals surface area contributed by atoms with Crippen molar-refractivity contribution in [2.45, 2.75) is 10.6 Å². The Morgan fingerprint density at radius 2 is 2.12 bits per heavy atom. The summed E-state index contributed by atoms with van der Waals surface area (Å²) in [7, 11) is -1.94. The molecule has 1 saturated heterocycles. The molecule has 0 aliphatic carbocycles. The number of hydrogen-bond acceptors (Lipinski definition) is 6. The van der Waals surface area contributed by atoms with E-state index in [0.29, 0.717) is 50.1 Å². The van der Waals surface area contributed by atoms with E-state index in [1.807, 2.05) is 0 Å². The molecule has 1 amide bonds. The molecule has 1 aromatic rings. The number of nitrogens with zero attached hydrogens (tertiary/aromatic N) is 2. The summed E-state index contributed by atoms with van der Waals surface area (Å²) >= 11 is 6.89. The van der Waals surface area contributed by atoms with E-state index in [1.54, 1.807) is 18.1 Å². The van der Waals surface area contributed by atoms with Crippen LogP contribution in [0.3, 0.4) is 0 Å². The van der Waals surface area contributed by atoms with Gasteiger partial charge in [-0.3, -0.25) is 4.79 Å². The van der Waals surface area contributed by atoms with E-state index in [1.165, 1.54) is 10.4 Å². The molecule has 0 spiro atoms. The van der Waals surface area contributed by atoms with Gasteiger partial charge in [0.25, 0.3) is 10.0 Å². The lowest BCUT2D eigenvalue weighted by atomic mass is 10.4. The lowest BCUT2D eigenvalue weighted by Crippen LogP contribution is -2.41. The number of carbonyl (C=O) groups excluding carboxylic acids is 1. The molecular formula is C14H22ClN3O4S2. The highest BCUT2D eigenvalue weighted by Crippen LogP contribution is 2.28. The van der Waals surface area contributed by atoms with Gasteiger partial charge in [0.2, 0.25) is 5.91 Å². The molecule has 136 valence electrons. The molecule has 24 heavy (non-hydrogen) atoms. The molecule has 10 heteroatoms. The summed E-state index contributed by atoms with van der Waals surface area (Å²) in [5.74, 6) is -0.0236. The lowest BCUT2D eigenvalue weighted by molar-refractivity contribution is -0.130. The van der Waals surface area contributed by atoms with Gasteiger partial charge in [0, 0.05) is 39.8 Å². The van der Waals surface area contributed by atoms with Gasteiger partial charge in [-0.05, 0) is 18.6 Å². The molecule has 1 N–H and O–H groups in total. The summed E-state index contributed by atoms with van der Waals surface area (Å²) < 4.78 is 32.3. The van der Waals surface area contributed by atoms with Gasteiger partial charge >= 0.3 is 0 Å². The van der Waals surface area contributed by atoms with Gasteiger partial charge in [0.1, 0.15) is 4.21 Å². The topological polar surface area (TPSA) is 79.0 Å². The van der Waals surface area contributed by atoms with Crippen molar-refractivity contribution in [3.63, 3.8) is 0 Å². The second-order valence-electron chi connectivity index (χ2n) is 5.37. The Bertz CT molecular complexity index is 650. The summed E-state index contributed by atoms with van der Waals surface area (Å²) in [5.41, 5.74) is 0. The molecule has 0 aromatic carbocycles. The van der Waals surface area contributed by atoms with Gasteiger partial charge in [-0.2, -0.15) is 4.31 Å². The Morgan fingerprint density at radius 3 is 2.79 bits per heavy atom. The van der Waals surface area contributed by atoms with Gasteiger partial charge in [-0.15, -0.1) is 11.3 Å². The lowest BCUT2D eigenvalue weighted by Gasteiger charge is -2.21. The van der Waals surface area contributed by atoms with Crippen LogP contribution in [0.15, 0.2) is 16.3 Å². The maximum absolute atomic E-state index is 12.6. The van der Waals surface area contributed by atoms with E-state index in [4.69, 9.17) is 16.3 Å². The van der Waals surface area contributed by atoms with Crippen LogP contribution in [0.4, 0.5) is 0 Å². The van der Waals surface area contributed by atoms with Crippen molar-refractivity contribution >= 4 is 38.9 Å². The molecule has 0 atom stereocenters. The number of rotatable bonds is 7. The second-order valence-corrected chi connectivity index (χ2v) is 9.25. The van der Waals surface area contributed by atoms with E-state index in [2.05, 4.69) is 5.32 Å². The fourth-order valence-electron chi connectivity index (χ4n) is 2.43. The highest BCUT2D eigenvalue weighted by atomic mass is 35.5. The van der Waals surface area contributed by atoms with Crippen LogP contribution in [0.1, 0.15) is 6.42 Å². The molecule has 0 unspecified atom stereocenters. The van der Waals surface area contributed by atoms with Gasteiger partial charge in [0.15, 0.2) is 0 Å². The molecule has 2 rings (SSSR count). The fourth-order valence-corrected chi connectivity index (χ4v) is 5.54. The van der Waals surface area contributed by atoms with E-state index in [9.17, 15) is 13.2 Å². The molecule has 0 radical (unpaired) electrons. The van der Waals surface area contributed by atoms with E-state index >= 15 is 0 Å². The Morgan fingerprint density at radius 1 is 1.33 bits per heavy atom. The molecular weight excluding hydrogens is 374 g/mol. The van der Waals surface area contributed by atoms with Gasteiger partial charge in [0.05, 0.1) is 17.5 Å². The maximum atomic E-state index is 12.6. The minimum atomic E-state index is -3.54. The average Bonchev–Trinajstić information content (AvgIpc) is 2.84. The van der Waals surface area contributed by atoms with Crippen molar-refractivity contribution in [1.29, 1.82) is 0 Å². The highest BCUT2D eigenvalue weighted by Gasteiger charge is 2.29. The average molecular weight is 396 g/mol. The largest absolute Gasteiger partial charge is 0.383 e. The van der Waals surface area contributed by atoms with Crippen molar-refractivity contribution in [2.75, 3.05) is 53.0 Å². The molecule has 7 nitrogen and oxygen atoms in total. The number of carbonyl (C=O) groups is 1. The molecule has 1 aliphatic rings. The first-order valence-electron chi connectivity index (χ1n) is 7.68. The van der Waals surface area contributed by atoms with Crippen molar-refractivity contribution in [2.24, 2.45) is 0 Å². The van der Waals surface area contributed by atoms with Crippen LogP contribution in [0.5, 0.6) is 0 Å². The first-order chi connectivity index (χ1) is 11.4. The van der Waals surface area contributed by atoms with Gasteiger partial charge in [-0.25, -0.2) is 8.42 Å². The van der Waals surface area contributed by atoms with Crippen LogP contribution in [-0.2, 0) is 19.6 Å². The van der Waals surface area contributed by atoms with Crippen LogP contribution in [0.25, 0.3) is 0 Å². The predicted octanol–water partition coefficient (Wildman–Crippen LogP) is 0.861. The second kappa shape index (κ2) is 9.12. The first kappa shape index (κ1) is 19.6. The third-order valence-corrected chi connectivity index (χ3v) is 7.31. The van der Waals surface area contributed by atoms with Gasteiger partial charge in [-0.1, -0.05) is 11.6 Å². The fraction of sp³-hybridized carbons (Fsp3) is 0.643. The third-order valence-electron chi connectivity index (χ3n) is 3.71. The standard InChI is InChI=1S/C14H22ClN3O4S2/c1-22-10-5-16-11-13(19)17-6-2-7-18(9-8-17)24(20,21)14-4-3-12(15)23-14/h3-4,16H,2,5-11H2,1H3. The number of nitrogens with one attached hydrogen (secondary N) is 1. The number of hydrogen-bond donors (Lipinski definition) is 1. The molecule has 2 heterocycles. The first-order valence-corrected chi connectivity index (χ1v) is 10.3. The summed E-state index contributed by atoms with van der Waals surface area (Å²) in [6.45, 7) is 3.03. The minimum Gasteiger partial charge on any atom is -0.383 e. The zero-order chi connectivity index (χ0) is 17.6. The molecule has 0 bridgehead atoms. The summed E-state index contributed by atoms with van der Waals surface area (Å²) in [6.07, 6.45) is 0.613. The van der Waals surface area contributed by atoms with Crippen molar-refractivity contribution in [3.05, 3.63) is 16.5 Å². The number of amides is 1. The number of sulfonamides is 1. The Balaban J connectivity index is 1.91. The SMILES string of the molecule is COCCNCC(=O)N1CCCN(S(=O)(=O)c2ccc(Cl)s2)CC1. The van der Waals surface area contributed by atoms with Crippen LogP contribution >= 0.6 is 22.9 Å². The Labute approximate surface area is 151 Å². The number of methoxy groups -OCH3 is 1. The number of ether oxygens (including phenoxy) is 1. The molecule has 1 fully saturated rings. The zero-order valence-electron chi connectivity index (χ0n) is 13.5. The van der Waals surface area contributed by atoms with Crippen LogP contribution < -0.4 is 5.32 Å². The van der Waals surface area contributed by atoms with E-state index < -0.39 is 10.0 Å². The van der Waals surface area contributed by atoms with E-state index in [0.717, 1.165) is 11.3 Å².